The van der Waals surface area contributed by atoms with Crippen molar-refractivity contribution in [2.24, 2.45) is 4.99 Å². The first-order valence-corrected chi connectivity index (χ1v) is 13.4. The van der Waals surface area contributed by atoms with E-state index in [1.807, 2.05) is 50.2 Å². The largest absolute Gasteiger partial charge is 0.491 e. The standard InChI is InChI=1S/C28H33N3O5S/c1-7-30(8-2)23-15-14-19(36-23)16-22-26(32)31-25(20-12-10-11-13-21(20)35-17(4)5)24(27(33)34-9-3)18(6)29-28(31)37-22/h10-17,25H,7-9H2,1-6H3/b22-16+/t25-/m0/s1. The molecule has 3 heterocycles. The number of ether oxygens (including phenoxy) is 2. The van der Waals surface area contributed by atoms with Gasteiger partial charge in [-0.2, -0.15) is 0 Å². The fourth-order valence-electron chi connectivity index (χ4n) is 4.41. The number of carbonyl (C=O) groups excluding carboxylic acids is 1. The van der Waals surface area contributed by atoms with Crippen molar-refractivity contribution in [3.63, 3.8) is 0 Å². The highest BCUT2D eigenvalue weighted by Crippen LogP contribution is 2.36. The van der Waals surface area contributed by atoms with E-state index in [2.05, 4.69) is 23.7 Å². The highest BCUT2D eigenvalue weighted by molar-refractivity contribution is 7.07. The van der Waals surface area contributed by atoms with Crippen molar-refractivity contribution in [1.29, 1.82) is 0 Å². The number of para-hydroxylation sites is 1. The molecule has 0 aliphatic carbocycles. The zero-order valence-electron chi connectivity index (χ0n) is 22.1. The molecule has 37 heavy (non-hydrogen) atoms. The van der Waals surface area contributed by atoms with Gasteiger partial charge in [0, 0.05) is 30.8 Å². The van der Waals surface area contributed by atoms with Gasteiger partial charge in [-0.25, -0.2) is 9.79 Å². The van der Waals surface area contributed by atoms with Crippen LogP contribution in [0, 0.1) is 0 Å². The molecule has 0 N–H and O–H groups in total. The van der Waals surface area contributed by atoms with Gasteiger partial charge in [0.05, 0.1) is 28.5 Å². The predicted molar refractivity (Wildman–Crippen MR) is 145 cm³/mol. The third-order valence-electron chi connectivity index (χ3n) is 6.05. The van der Waals surface area contributed by atoms with Crippen LogP contribution in [0.5, 0.6) is 5.75 Å². The van der Waals surface area contributed by atoms with Gasteiger partial charge in [-0.15, -0.1) is 0 Å². The van der Waals surface area contributed by atoms with Gasteiger partial charge >= 0.3 is 5.97 Å². The smallest absolute Gasteiger partial charge is 0.338 e. The van der Waals surface area contributed by atoms with Crippen LogP contribution < -0.4 is 24.5 Å². The predicted octanol–water partition coefficient (Wildman–Crippen LogP) is 4.02. The number of benzene rings is 1. The minimum Gasteiger partial charge on any atom is -0.491 e. The van der Waals surface area contributed by atoms with E-state index in [0.717, 1.165) is 19.0 Å². The minimum atomic E-state index is -0.741. The summed E-state index contributed by atoms with van der Waals surface area (Å²) in [5.74, 6) is 1.43. The Labute approximate surface area is 220 Å². The van der Waals surface area contributed by atoms with E-state index in [0.29, 0.717) is 37.7 Å². The van der Waals surface area contributed by atoms with Crippen LogP contribution in [0.3, 0.4) is 0 Å². The Morgan fingerprint density at radius 3 is 2.59 bits per heavy atom. The molecular formula is C28H33N3O5S. The number of nitrogens with zero attached hydrogens (tertiary/aromatic N) is 3. The summed E-state index contributed by atoms with van der Waals surface area (Å²) >= 11 is 1.26. The van der Waals surface area contributed by atoms with Crippen LogP contribution in [0.2, 0.25) is 0 Å². The summed E-state index contributed by atoms with van der Waals surface area (Å²) in [7, 11) is 0. The number of esters is 1. The van der Waals surface area contributed by atoms with E-state index in [-0.39, 0.29) is 18.3 Å². The van der Waals surface area contributed by atoms with E-state index >= 15 is 0 Å². The summed E-state index contributed by atoms with van der Waals surface area (Å²) in [6, 6.07) is 10.5. The van der Waals surface area contributed by atoms with Crippen molar-refractivity contribution >= 4 is 29.3 Å². The normalized spacial score (nSPS) is 15.5. The number of fused-ring (bicyclic) bond motifs is 1. The summed E-state index contributed by atoms with van der Waals surface area (Å²) in [5.41, 5.74) is 1.27. The molecule has 0 fully saturated rings. The van der Waals surface area contributed by atoms with Crippen LogP contribution in [-0.4, -0.2) is 36.3 Å². The van der Waals surface area contributed by atoms with Crippen LogP contribution in [0.15, 0.2) is 61.9 Å². The number of thiazole rings is 1. The number of aromatic nitrogens is 1. The Bertz CT molecular complexity index is 1490. The van der Waals surface area contributed by atoms with Gasteiger partial charge in [0.1, 0.15) is 17.6 Å². The minimum absolute atomic E-state index is 0.0907. The summed E-state index contributed by atoms with van der Waals surface area (Å²) in [6.45, 7) is 13.4. The number of hydrogen-bond acceptors (Lipinski definition) is 8. The molecule has 1 aliphatic heterocycles. The summed E-state index contributed by atoms with van der Waals surface area (Å²) in [4.78, 5) is 34.2. The third kappa shape index (κ3) is 5.27. The highest BCUT2D eigenvalue weighted by atomic mass is 32.1. The van der Waals surface area contributed by atoms with Crippen LogP contribution >= 0.6 is 11.3 Å². The monoisotopic (exact) mass is 523 g/mol. The lowest BCUT2D eigenvalue weighted by Crippen LogP contribution is -2.40. The second-order valence-corrected chi connectivity index (χ2v) is 9.86. The van der Waals surface area contributed by atoms with Gasteiger partial charge < -0.3 is 18.8 Å². The number of furan rings is 1. The molecule has 1 atom stereocenters. The number of allylic oxidation sites excluding steroid dienone is 1. The summed E-state index contributed by atoms with van der Waals surface area (Å²) in [5, 5.41) is 0. The molecule has 0 bridgehead atoms. The van der Waals surface area contributed by atoms with E-state index in [9.17, 15) is 9.59 Å². The maximum Gasteiger partial charge on any atom is 0.338 e. The zero-order valence-corrected chi connectivity index (χ0v) is 22.9. The number of rotatable bonds is 9. The average molecular weight is 524 g/mol. The number of hydrogen-bond donors (Lipinski definition) is 0. The summed E-state index contributed by atoms with van der Waals surface area (Å²) in [6.07, 6.45) is 1.64. The van der Waals surface area contributed by atoms with Crippen LogP contribution in [0.1, 0.15) is 58.9 Å². The van der Waals surface area contributed by atoms with E-state index in [4.69, 9.17) is 13.9 Å². The average Bonchev–Trinajstić information content (AvgIpc) is 3.44. The third-order valence-corrected chi connectivity index (χ3v) is 7.04. The molecule has 2 aromatic heterocycles. The van der Waals surface area contributed by atoms with Crippen molar-refractivity contribution in [3.8, 4) is 5.75 Å². The fourth-order valence-corrected chi connectivity index (χ4v) is 5.43. The Balaban J connectivity index is 1.91. The Morgan fingerprint density at radius 1 is 1.19 bits per heavy atom. The molecule has 1 aromatic carbocycles. The van der Waals surface area contributed by atoms with Crippen LogP contribution in [0.25, 0.3) is 6.08 Å². The molecule has 9 heteroatoms. The van der Waals surface area contributed by atoms with Gasteiger partial charge in [-0.05, 0) is 53.7 Å². The molecule has 196 valence electrons. The second-order valence-electron chi connectivity index (χ2n) is 8.85. The van der Waals surface area contributed by atoms with Crippen molar-refractivity contribution in [1.82, 2.24) is 4.57 Å². The molecule has 0 spiro atoms. The van der Waals surface area contributed by atoms with E-state index < -0.39 is 12.0 Å². The summed E-state index contributed by atoms with van der Waals surface area (Å²) < 4.78 is 19.5. The van der Waals surface area contributed by atoms with Crippen molar-refractivity contribution in [2.45, 2.75) is 53.7 Å². The fraction of sp³-hybridized carbons (Fsp3) is 0.393. The molecule has 0 unspecified atom stereocenters. The topological polar surface area (TPSA) is 86.3 Å². The number of carbonyl (C=O) groups is 1. The molecule has 4 rings (SSSR count). The van der Waals surface area contributed by atoms with Gasteiger partial charge in [0.2, 0.25) is 0 Å². The van der Waals surface area contributed by atoms with Gasteiger partial charge in [-0.1, -0.05) is 29.5 Å². The number of anilines is 1. The maximum atomic E-state index is 13.8. The van der Waals surface area contributed by atoms with Gasteiger partial charge in [0.15, 0.2) is 10.7 Å². The van der Waals surface area contributed by atoms with Gasteiger partial charge in [0.25, 0.3) is 5.56 Å². The first-order valence-electron chi connectivity index (χ1n) is 12.6. The highest BCUT2D eigenvalue weighted by Gasteiger charge is 2.35. The maximum absolute atomic E-state index is 13.8. The molecule has 8 nitrogen and oxygen atoms in total. The molecule has 1 aliphatic rings. The van der Waals surface area contributed by atoms with Crippen molar-refractivity contribution in [2.75, 3.05) is 24.6 Å². The molecule has 3 aromatic rings. The second kappa shape index (κ2) is 11.2. The lowest BCUT2D eigenvalue weighted by Gasteiger charge is -2.26. The van der Waals surface area contributed by atoms with Crippen molar-refractivity contribution in [3.05, 3.63) is 78.7 Å². The Hall–Kier alpha value is -3.59. The van der Waals surface area contributed by atoms with Crippen LogP contribution in [0.4, 0.5) is 5.88 Å². The molecule has 0 radical (unpaired) electrons. The Morgan fingerprint density at radius 2 is 1.92 bits per heavy atom. The SMILES string of the molecule is CCOC(=O)C1=C(C)N=c2s/c(=C/c3ccc(N(CC)CC)o3)c(=O)n2[C@H]1c1ccccc1OC(C)C. The zero-order chi connectivity index (χ0) is 26.7. The lowest BCUT2D eigenvalue weighted by atomic mass is 9.95. The quantitative estimate of drug-likeness (QED) is 0.394. The molecule has 0 amide bonds. The van der Waals surface area contributed by atoms with E-state index in [1.165, 1.54) is 11.3 Å². The van der Waals surface area contributed by atoms with Crippen LogP contribution in [-0.2, 0) is 9.53 Å². The lowest BCUT2D eigenvalue weighted by molar-refractivity contribution is -0.139. The molecule has 0 saturated carbocycles. The first kappa shape index (κ1) is 26.5. The molecule has 0 saturated heterocycles. The molecular weight excluding hydrogens is 490 g/mol. The van der Waals surface area contributed by atoms with E-state index in [1.54, 1.807) is 24.5 Å². The Kier molecular flexibility index (Phi) is 8.02. The first-order chi connectivity index (χ1) is 17.8. The van der Waals surface area contributed by atoms with Gasteiger partial charge in [-0.3, -0.25) is 9.36 Å². The van der Waals surface area contributed by atoms with Crippen molar-refractivity contribution < 1.29 is 18.7 Å².